The summed E-state index contributed by atoms with van der Waals surface area (Å²) < 4.78 is 10.8. The van der Waals surface area contributed by atoms with E-state index in [0.29, 0.717) is 36.7 Å². The zero-order chi connectivity index (χ0) is 13.0. The fourth-order valence-electron chi connectivity index (χ4n) is 1.87. The number of hydrogen-bond donors (Lipinski definition) is 0. The Morgan fingerprint density at radius 1 is 1.17 bits per heavy atom. The van der Waals surface area contributed by atoms with Gasteiger partial charge < -0.3 is 9.47 Å². The molecule has 0 radical (unpaired) electrons. The van der Waals surface area contributed by atoms with Crippen LogP contribution in [-0.2, 0) is 4.79 Å². The molecule has 0 N–H and O–H groups in total. The number of hydrogen-bond acceptors (Lipinski definition) is 4. The molecule has 0 saturated heterocycles. The second kappa shape index (κ2) is 5.67. The molecule has 0 amide bonds. The van der Waals surface area contributed by atoms with Crippen molar-refractivity contribution in [3.05, 3.63) is 23.8 Å². The maximum atomic E-state index is 11.9. The highest BCUT2D eigenvalue weighted by Crippen LogP contribution is 2.31. The van der Waals surface area contributed by atoms with Gasteiger partial charge in [-0.1, -0.05) is 6.92 Å². The lowest BCUT2D eigenvalue weighted by molar-refractivity contribution is -0.118. The van der Waals surface area contributed by atoms with E-state index in [-0.39, 0.29) is 18.0 Å². The molecule has 0 saturated carbocycles. The number of Topliss-reactive ketones (excluding diaryl/α,β-unsaturated/α-hetero) is 2. The Bertz CT molecular complexity index is 465. The van der Waals surface area contributed by atoms with Crippen molar-refractivity contribution in [3.63, 3.8) is 0 Å². The summed E-state index contributed by atoms with van der Waals surface area (Å²) in [6, 6.07) is 5.04. The lowest BCUT2D eigenvalue weighted by Crippen LogP contribution is -2.16. The first-order valence-corrected chi connectivity index (χ1v) is 6.15. The molecule has 0 spiro atoms. The highest BCUT2D eigenvalue weighted by Gasteiger charge is 2.16. The minimum atomic E-state index is -0.162. The van der Waals surface area contributed by atoms with E-state index in [0.717, 1.165) is 6.42 Å². The van der Waals surface area contributed by atoms with Gasteiger partial charge in [-0.15, -0.1) is 0 Å². The molecule has 1 aliphatic rings. The smallest absolute Gasteiger partial charge is 0.170 e. The number of ether oxygens (including phenoxy) is 2. The standard InChI is InChI=1S/C14H16O4/c1-2-3-11(15)9-12(16)10-4-5-13-14(8-10)18-7-6-17-13/h4-5,8H,2-3,6-7,9H2,1H3. The second-order valence-electron chi connectivity index (χ2n) is 4.25. The van der Waals surface area contributed by atoms with Crippen molar-refractivity contribution < 1.29 is 19.1 Å². The molecule has 0 bridgehead atoms. The first-order valence-electron chi connectivity index (χ1n) is 6.15. The van der Waals surface area contributed by atoms with Gasteiger partial charge in [-0.05, 0) is 24.6 Å². The topological polar surface area (TPSA) is 52.6 Å². The van der Waals surface area contributed by atoms with Gasteiger partial charge in [0.1, 0.15) is 19.0 Å². The van der Waals surface area contributed by atoms with Crippen LogP contribution in [0.25, 0.3) is 0 Å². The SMILES string of the molecule is CCCC(=O)CC(=O)c1ccc2c(c1)OCCO2. The molecule has 4 nitrogen and oxygen atoms in total. The molecule has 96 valence electrons. The molecule has 4 heteroatoms. The fraction of sp³-hybridized carbons (Fsp3) is 0.429. The Morgan fingerprint density at radius 2 is 1.89 bits per heavy atom. The van der Waals surface area contributed by atoms with Crippen LogP contribution in [0.5, 0.6) is 11.5 Å². The molecular formula is C14H16O4. The quantitative estimate of drug-likeness (QED) is 0.593. The monoisotopic (exact) mass is 248 g/mol. The average Bonchev–Trinajstić information content (AvgIpc) is 2.38. The highest BCUT2D eigenvalue weighted by atomic mass is 16.6. The normalized spacial score (nSPS) is 13.2. The summed E-state index contributed by atoms with van der Waals surface area (Å²) in [7, 11) is 0. The molecule has 1 aliphatic heterocycles. The van der Waals surface area contributed by atoms with Crippen molar-refractivity contribution in [1.82, 2.24) is 0 Å². The van der Waals surface area contributed by atoms with Crippen LogP contribution in [0.1, 0.15) is 36.5 Å². The van der Waals surface area contributed by atoms with Crippen molar-refractivity contribution in [2.75, 3.05) is 13.2 Å². The third kappa shape index (κ3) is 2.88. The first kappa shape index (κ1) is 12.6. The molecular weight excluding hydrogens is 232 g/mol. The van der Waals surface area contributed by atoms with Crippen molar-refractivity contribution in [2.24, 2.45) is 0 Å². The molecule has 1 aromatic carbocycles. The van der Waals surface area contributed by atoms with Crippen LogP contribution < -0.4 is 9.47 Å². The Labute approximate surface area is 106 Å². The molecule has 0 atom stereocenters. The largest absolute Gasteiger partial charge is 0.486 e. The summed E-state index contributed by atoms with van der Waals surface area (Å²) >= 11 is 0. The summed E-state index contributed by atoms with van der Waals surface area (Å²) in [6.07, 6.45) is 1.19. The molecule has 1 aromatic rings. The third-order valence-electron chi connectivity index (χ3n) is 2.75. The maximum absolute atomic E-state index is 11.9. The van der Waals surface area contributed by atoms with E-state index in [2.05, 4.69) is 0 Å². The van der Waals surface area contributed by atoms with Crippen molar-refractivity contribution >= 4 is 11.6 Å². The fourth-order valence-corrected chi connectivity index (χ4v) is 1.87. The van der Waals surface area contributed by atoms with Gasteiger partial charge in [0.2, 0.25) is 0 Å². The van der Waals surface area contributed by atoms with E-state index in [1.165, 1.54) is 0 Å². The number of carbonyl (C=O) groups excluding carboxylic acids is 2. The van der Waals surface area contributed by atoms with Gasteiger partial charge >= 0.3 is 0 Å². The van der Waals surface area contributed by atoms with E-state index in [4.69, 9.17) is 9.47 Å². The lowest BCUT2D eigenvalue weighted by atomic mass is 10.0. The molecule has 18 heavy (non-hydrogen) atoms. The summed E-state index contributed by atoms with van der Waals surface area (Å²) in [4.78, 5) is 23.3. The Morgan fingerprint density at radius 3 is 2.61 bits per heavy atom. The number of rotatable bonds is 5. The van der Waals surface area contributed by atoms with Crippen LogP contribution in [0.15, 0.2) is 18.2 Å². The van der Waals surface area contributed by atoms with Crippen LogP contribution >= 0.6 is 0 Å². The Balaban J connectivity index is 2.09. The first-order chi connectivity index (χ1) is 8.70. The zero-order valence-electron chi connectivity index (χ0n) is 10.4. The van der Waals surface area contributed by atoms with Crippen LogP contribution in [-0.4, -0.2) is 24.8 Å². The zero-order valence-corrected chi connectivity index (χ0v) is 10.4. The Kier molecular flexibility index (Phi) is 3.97. The number of benzene rings is 1. The summed E-state index contributed by atoms with van der Waals surface area (Å²) in [5.41, 5.74) is 0.503. The minimum Gasteiger partial charge on any atom is -0.486 e. The number of ketones is 2. The Hall–Kier alpha value is -1.84. The van der Waals surface area contributed by atoms with E-state index < -0.39 is 0 Å². The summed E-state index contributed by atoms with van der Waals surface area (Å²) in [6.45, 7) is 2.93. The average molecular weight is 248 g/mol. The van der Waals surface area contributed by atoms with Crippen LogP contribution in [0.2, 0.25) is 0 Å². The van der Waals surface area contributed by atoms with Crippen LogP contribution in [0, 0.1) is 0 Å². The van der Waals surface area contributed by atoms with E-state index in [9.17, 15) is 9.59 Å². The van der Waals surface area contributed by atoms with Gasteiger partial charge in [0, 0.05) is 12.0 Å². The van der Waals surface area contributed by atoms with E-state index >= 15 is 0 Å². The predicted octanol–water partition coefficient (Wildman–Crippen LogP) is 2.40. The molecule has 0 aliphatic carbocycles. The van der Waals surface area contributed by atoms with Crippen LogP contribution in [0.3, 0.4) is 0 Å². The van der Waals surface area contributed by atoms with E-state index in [1.54, 1.807) is 18.2 Å². The van der Waals surface area contributed by atoms with Crippen molar-refractivity contribution in [1.29, 1.82) is 0 Å². The molecule has 2 rings (SSSR count). The van der Waals surface area contributed by atoms with E-state index in [1.807, 2.05) is 6.92 Å². The van der Waals surface area contributed by atoms with Gasteiger partial charge in [-0.25, -0.2) is 0 Å². The minimum absolute atomic E-state index is 0.0163. The highest BCUT2D eigenvalue weighted by molar-refractivity contribution is 6.08. The lowest BCUT2D eigenvalue weighted by Gasteiger charge is -2.18. The van der Waals surface area contributed by atoms with Crippen molar-refractivity contribution in [3.8, 4) is 11.5 Å². The summed E-state index contributed by atoms with van der Waals surface area (Å²) in [5.74, 6) is 1.05. The van der Waals surface area contributed by atoms with Gasteiger partial charge in [-0.2, -0.15) is 0 Å². The van der Waals surface area contributed by atoms with Gasteiger partial charge in [-0.3, -0.25) is 9.59 Å². The van der Waals surface area contributed by atoms with Crippen molar-refractivity contribution in [2.45, 2.75) is 26.2 Å². The predicted molar refractivity (Wildman–Crippen MR) is 66.3 cm³/mol. The molecule has 0 unspecified atom stereocenters. The van der Waals surface area contributed by atoms with Gasteiger partial charge in [0.15, 0.2) is 17.3 Å². The number of fused-ring (bicyclic) bond motifs is 1. The van der Waals surface area contributed by atoms with Gasteiger partial charge in [0.05, 0.1) is 6.42 Å². The molecule has 0 fully saturated rings. The van der Waals surface area contributed by atoms with Crippen LogP contribution in [0.4, 0.5) is 0 Å². The maximum Gasteiger partial charge on any atom is 0.170 e. The molecule has 0 aromatic heterocycles. The second-order valence-corrected chi connectivity index (χ2v) is 4.25. The van der Waals surface area contributed by atoms with Gasteiger partial charge in [0.25, 0.3) is 0 Å². The molecule has 1 heterocycles. The summed E-state index contributed by atoms with van der Waals surface area (Å²) in [5, 5.41) is 0. The third-order valence-corrected chi connectivity index (χ3v) is 2.75. The number of carbonyl (C=O) groups is 2.